The topological polar surface area (TPSA) is 128 Å². The van der Waals surface area contributed by atoms with Gasteiger partial charge in [-0.05, 0) is 43.0 Å². The zero-order valence-corrected chi connectivity index (χ0v) is 19.2. The number of rotatable bonds is 6. The molecule has 3 rings (SSSR count). The summed E-state index contributed by atoms with van der Waals surface area (Å²) < 4.78 is 39.3. The molecule has 1 fully saturated rings. The largest absolute Gasteiger partial charge is 0.493 e. The lowest BCUT2D eigenvalue weighted by Gasteiger charge is -2.09. The number of benzene rings is 2. The third kappa shape index (κ3) is 4.60. The van der Waals surface area contributed by atoms with E-state index in [2.05, 4.69) is 4.40 Å². The van der Waals surface area contributed by atoms with E-state index >= 15 is 0 Å². The highest BCUT2D eigenvalue weighted by Gasteiger charge is 2.33. The van der Waals surface area contributed by atoms with Gasteiger partial charge in [0, 0.05) is 7.05 Å². The average molecular weight is 478 g/mol. The van der Waals surface area contributed by atoms with Crippen molar-refractivity contribution in [2.75, 3.05) is 21.3 Å². The number of amides is 1. The summed E-state index contributed by atoms with van der Waals surface area (Å²) in [6, 6.07) is 8.71. The fourth-order valence-corrected chi connectivity index (χ4v) is 4.98. The Bertz CT molecular complexity index is 1250. The van der Waals surface area contributed by atoms with Crippen LogP contribution in [0.1, 0.15) is 11.1 Å². The maximum absolute atomic E-state index is 12.7. The number of ether oxygens (including phenoxy) is 2. The molecule has 0 spiro atoms. The van der Waals surface area contributed by atoms with E-state index in [0.717, 1.165) is 22.2 Å². The van der Waals surface area contributed by atoms with Gasteiger partial charge in [0.2, 0.25) is 0 Å². The van der Waals surface area contributed by atoms with Gasteiger partial charge in [-0.15, -0.1) is 4.40 Å². The molecule has 2 aromatic rings. The van der Waals surface area contributed by atoms with E-state index in [1.807, 2.05) is 6.92 Å². The number of hydrogen-bond donors (Lipinski definition) is 0. The van der Waals surface area contributed by atoms with E-state index in [1.54, 1.807) is 12.1 Å². The minimum atomic E-state index is -4.05. The summed E-state index contributed by atoms with van der Waals surface area (Å²) in [4.78, 5) is 24.7. The monoisotopic (exact) mass is 477 g/mol. The Morgan fingerprint density at radius 1 is 1.12 bits per heavy atom. The Morgan fingerprint density at radius 3 is 2.28 bits per heavy atom. The standard InChI is InChI=1S/C20H19N3O7S2/c1-12-5-7-14(8-6-12)32(27,28)21-20-22(2)19(24)18(31-20)10-13-9-16(29-3)17(30-4)11-15(13)23(25)26/h5-11H,1-4H3. The number of amidine groups is 1. The maximum Gasteiger partial charge on any atom is 0.284 e. The van der Waals surface area contributed by atoms with Gasteiger partial charge in [0.25, 0.3) is 21.6 Å². The molecular formula is C20H19N3O7S2. The molecule has 168 valence electrons. The lowest BCUT2D eigenvalue weighted by atomic mass is 10.1. The highest BCUT2D eigenvalue weighted by Crippen LogP contribution is 2.38. The molecule has 10 nitrogen and oxygen atoms in total. The number of nitrogens with zero attached hydrogens (tertiary/aromatic N) is 3. The normalized spacial score (nSPS) is 16.6. The van der Waals surface area contributed by atoms with Crippen molar-refractivity contribution in [3.8, 4) is 11.5 Å². The highest BCUT2D eigenvalue weighted by atomic mass is 32.2. The number of likely N-dealkylation sites (N-methyl/N-ethyl adjacent to an activating group) is 1. The molecule has 1 aliphatic rings. The summed E-state index contributed by atoms with van der Waals surface area (Å²) >= 11 is 0.804. The second kappa shape index (κ2) is 9.01. The Hall–Kier alpha value is -3.38. The Labute approximate surface area is 188 Å². The number of sulfonamides is 1. The smallest absolute Gasteiger partial charge is 0.284 e. The van der Waals surface area contributed by atoms with Crippen LogP contribution in [0.3, 0.4) is 0 Å². The van der Waals surface area contributed by atoms with E-state index in [9.17, 15) is 23.3 Å². The first-order chi connectivity index (χ1) is 15.1. The van der Waals surface area contributed by atoms with Crippen molar-refractivity contribution >= 4 is 44.6 Å². The lowest BCUT2D eigenvalue weighted by Crippen LogP contribution is -2.24. The molecule has 32 heavy (non-hydrogen) atoms. The van der Waals surface area contributed by atoms with Gasteiger partial charge < -0.3 is 9.47 Å². The van der Waals surface area contributed by atoms with Crippen molar-refractivity contribution in [3.05, 3.63) is 62.5 Å². The molecule has 0 aliphatic carbocycles. The van der Waals surface area contributed by atoms with Crippen LogP contribution >= 0.6 is 11.8 Å². The zero-order valence-electron chi connectivity index (χ0n) is 17.6. The Balaban J connectivity index is 2.03. The number of methoxy groups -OCH3 is 2. The quantitative estimate of drug-likeness (QED) is 0.352. The predicted octanol–water partition coefficient (Wildman–Crippen LogP) is 3.21. The van der Waals surface area contributed by atoms with Crippen molar-refractivity contribution in [2.45, 2.75) is 11.8 Å². The van der Waals surface area contributed by atoms with Gasteiger partial charge in [0.15, 0.2) is 16.7 Å². The van der Waals surface area contributed by atoms with Crippen molar-refractivity contribution in [3.63, 3.8) is 0 Å². The summed E-state index contributed by atoms with van der Waals surface area (Å²) in [6.45, 7) is 1.83. The molecule has 0 aromatic heterocycles. The second-order valence-electron chi connectivity index (χ2n) is 6.66. The molecule has 1 amide bonds. The molecule has 0 atom stereocenters. The number of thioether (sulfide) groups is 1. The number of nitro benzene ring substituents is 1. The van der Waals surface area contributed by atoms with Crippen LogP contribution in [0.15, 0.2) is 50.6 Å². The molecule has 0 bridgehead atoms. The van der Waals surface area contributed by atoms with Crippen LogP contribution in [0.5, 0.6) is 11.5 Å². The van der Waals surface area contributed by atoms with Gasteiger partial charge in [0.1, 0.15) is 0 Å². The molecular weight excluding hydrogens is 458 g/mol. The average Bonchev–Trinajstić information content (AvgIpc) is 3.00. The van der Waals surface area contributed by atoms with Gasteiger partial charge in [-0.1, -0.05) is 17.7 Å². The van der Waals surface area contributed by atoms with E-state index in [-0.39, 0.29) is 37.7 Å². The third-order valence-corrected chi connectivity index (χ3v) is 6.99. The Morgan fingerprint density at radius 2 is 1.72 bits per heavy atom. The second-order valence-corrected chi connectivity index (χ2v) is 9.27. The van der Waals surface area contributed by atoms with Gasteiger partial charge >= 0.3 is 0 Å². The van der Waals surface area contributed by atoms with Crippen LogP contribution in [0.2, 0.25) is 0 Å². The summed E-state index contributed by atoms with van der Waals surface area (Å²) in [7, 11) is 0.0535. The first kappa shape index (κ1) is 23.3. The van der Waals surface area contributed by atoms with Crippen LogP contribution in [-0.4, -0.2) is 50.6 Å². The third-order valence-electron chi connectivity index (χ3n) is 4.54. The first-order valence-electron chi connectivity index (χ1n) is 9.07. The summed E-state index contributed by atoms with van der Waals surface area (Å²) in [5.74, 6) is -0.142. The maximum atomic E-state index is 12.7. The van der Waals surface area contributed by atoms with Crippen LogP contribution in [-0.2, 0) is 14.8 Å². The molecule has 2 aromatic carbocycles. The minimum Gasteiger partial charge on any atom is -0.493 e. The highest BCUT2D eigenvalue weighted by molar-refractivity contribution is 8.19. The fourth-order valence-electron chi connectivity index (χ4n) is 2.80. The minimum absolute atomic E-state index is 0.00925. The van der Waals surface area contributed by atoms with Crippen molar-refractivity contribution in [1.82, 2.24) is 4.90 Å². The van der Waals surface area contributed by atoms with Crippen LogP contribution in [0, 0.1) is 17.0 Å². The molecule has 0 radical (unpaired) electrons. The Kier molecular flexibility index (Phi) is 6.55. The van der Waals surface area contributed by atoms with Gasteiger partial charge in [-0.2, -0.15) is 8.42 Å². The first-order valence-corrected chi connectivity index (χ1v) is 11.3. The van der Waals surface area contributed by atoms with E-state index in [0.29, 0.717) is 0 Å². The molecule has 1 aliphatic heterocycles. The van der Waals surface area contributed by atoms with Gasteiger partial charge in [-0.3, -0.25) is 19.8 Å². The fraction of sp³-hybridized carbons (Fsp3) is 0.200. The molecule has 0 saturated carbocycles. The van der Waals surface area contributed by atoms with E-state index < -0.39 is 20.9 Å². The molecule has 1 heterocycles. The molecule has 12 heteroatoms. The van der Waals surface area contributed by atoms with Crippen molar-refractivity contribution in [1.29, 1.82) is 0 Å². The van der Waals surface area contributed by atoms with Crippen molar-refractivity contribution < 1.29 is 27.6 Å². The number of hydrogen-bond acceptors (Lipinski definition) is 8. The van der Waals surface area contributed by atoms with Crippen molar-refractivity contribution in [2.24, 2.45) is 4.40 Å². The summed E-state index contributed by atoms with van der Waals surface area (Å²) in [5.41, 5.74) is 0.685. The van der Waals surface area contributed by atoms with Crippen LogP contribution in [0.4, 0.5) is 5.69 Å². The summed E-state index contributed by atoms with van der Waals surface area (Å²) in [5, 5.41) is 11.5. The van der Waals surface area contributed by atoms with Gasteiger partial charge in [0.05, 0.1) is 40.6 Å². The zero-order chi connectivity index (χ0) is 23.6. The number of aryl methyl sites for hydroxylation is 1. The predicted molar refractivity (Wildman–Crippen MR) is 120 cm³/mol. The van der Waals surface area contributed by atoms with E-state index in [1.165, 1.54) is 51.6 Å². The molecule has 0 unspecified atom stereocenters. The van der Waals surface area contributed by atoms with Crippen LogP contribution < -0.4 is 9.47 Å². The SMILES string of the molecule is COc1cc(C=C2SC(=NS(=O)(=O)c3ccc(C)cc3)N(C)C2=O)c([N+](=O)[O-])cc1OC. The van der Waals surface area contributed by atoms with Gasteiger partial charge in [-0.25, -0.2) is 0 Å². The molecule has 0 N–H and O–H groups in total. The van der Waals surface area contributed by atoms with E-state index in [4.69, 9.17) is 9.47 Å². The number of nitro groups is 1. The lowest BCUT2D eigenvalue weighted by molar-refractivity contribution is -0.385. The molecule has 1 saturated heterocycles. The number of carbonyl (C=O) groups is 1. The number of carbonyl (C=O) groups excluding carboxylic acids is 1. The summed E-state index contributed by atoms with van der Waals surface area (Å²) in [6.07, 6.45) is 1.30. The van der Waals surface area contributed by atoms with Crippen LogP contribution in [0.25, 0.3) is 6.08 Å².